The van der Waals surface area contributed by atoms with Gasteiger partial charge in [0.15, 0.2) is 0 Å². The van der Waals surface area contributed by atoms with E-state index in [9.17, 15) is 0 Å². The molecule has 0 aliphatic rings. The molecule has 0 amide bonds. The van der Waals surface area contributed by atoms with E-state index in [2.05, 4.69) is 29.4 Å². The lowest BCUT2D eigenvalue weighted by atomic mass is 10.1. The molecular formula is C13H16N2OS. The third kappa shape index (κ3) is 3.28. The third-order valence-electron chi connectivity index (χ3n) is 2.64. The van der Waals surface area contributed by atoms with Gasteiger partial charge in [-0.2, -0.15) is 0 Å². The van der Waals surface area contributed by atoms with Gasteiger partial charge in [0.1, 0.15) is 10.8 Å². The molecule has 0 spiro atoms. The summed E-state index contributed by atoms with van der Waals surface area (Å²) in [6.45, 7) is 2.94. The summed E-state index contributed by atoms with van der Waals surface area (Å²) in [4.78, 5) is 4.25. The minimum atomic E-state index is 0.286. The second-order valence-corrected chi connectivity index (χ2v) is 4.78. The van der Waals surface area contributed by atoms with Crippen LogP contribution in [0.5, 0.6) is 5.75 Å². The van der Waals surface area contributed by atoms with Gasteiger partial charge in [-0.3, -0.25) is 0 Å². The van der Waals surface area contributed by atoms with Crippen molar-refractivity contribution in [3.8, 4) is 5.75 Å². The Balaban J connectivity index is 1.96. The summed E-state index contributed by atoms with van der Waals surface area (Å²) in [5.74, 6) is 0.894. The highest BCUT2D eigenvalue weighted by molar-refractivity contribution is 7.09. The van der Waals surface area contributed by atoms with Gasteiger partial charge < -0.3 is 10.1 Å². The molecule has 1 heterocycles. The Morgan fingerprint density at radius 2 is 2.35 bits per heavy atom. The molecule has 3 nitrogen and oxygen atoms in total. The Hall–Kier alpha value is -1.39. The van der Waals surface area contributed by atoms with Gasteiger partial charge in [0.25, 0.3) is 0 Å². The van der Waals surface area contributed by atoms with E-state index < -0.39 is 0 Å². The Morgan fingerprint density at radius 3 is 3.06 bits per heavy atom. The molecule has 2 aromatic rings. The van der Waals surface area contributed by atoms with Crippen LogP contribution in [0, 0.1) is 0 Å². The molecule has 0 bridgehead atoms. The molecule has 1 N–H and O–H groups in total. The van der Waals surface area contributed by atoms with Crippen LogP contribution in [0.3, 0.4) is 0 Å². The Bertz CT molecular complexity index is 456. The fourth-order valence-corrected chi connectivity index (χ4v) is 2.18. The first kappa shape index (κ1) is 12.1. The molecule has 1 aromatic carbocycles. The largest absolute Gasteiger partial charge is 0.497 e. The van der Waals surface area contributed by atoms with Gasteiger partial charge in [0.05, 0.1) is 7.11 Å². The summed E-state index contributed by atoms with van der Waals surface area (Å²) < 4.78 is 5.22. The van der Waals surface area contributed by atoms with Crippen molar-refractivity contribution in [3.05, 3.63) is 46.4 Å². The number of nitrogens with zero attached hydrogens (tertiary/aromatic N) is 1. The zero-order chi connectivity index (χ0) is 12.1. The minimum absolute atomic E-state index is 0.286. The number of hydrogen-bond acceptors (Lipinski definition) is 4. The smallest absolute Gasteiger partial charge is 0.119 e. The molecule has 0 aliphatic heterocycles. The van der Waals surface area contributed by atoms with E-state index in [0.29, 0.717) is 0 Å². The second-order valence-electron chi connectivity index (χ2n) is 3.81. The van der Waals surface area contributed by atoms with Crippen LogP contribution in [0.25, 0.3) is 0 Å². The first-order valence-electron chi connectivity index (χ1n) is 5.55. The molecule has 0 fully saturated rings. The predicted molar refractivity (Wildman–Crippen MR) is 70.4 cm³/mol. The van der Waals surface area contributed by atoms with Crippen molar-refractivity contribution in [1.82, 2.24) is 10.3 Å². The number of thiazole rings is 1. The number of methoxy groups -OCH3 is 1. The normalized spacial score (nSPS) is 12.4. The summed E-state index contributed by atoms with van der Waals surface area (Å²) in [7, 11) is 1.69. The van der Waals surface area contributed by atoms with E-state index in [1.54, 1.807) is 18.4 Å². The number of rotatable bonds is 5. The van der Waals surface area contributed by atoms with Crippen LogP contribution in [-0.4, -0.2) is 12.1 Å². The van der Waals surface area contributed by atoms with Gasteiger partial charge in [-0.25, -0.2) is 4.98 Å². The fourth-order valence-electron chi connectivity index (χ4n) is 1.61. The standard InChI is InChI=1S/C13H16N2OS/c1-10(15-9-13-14-6-7-17-13)11-4-3-5-12(8-11)16-2/h3-8,10,15H,9H2,1-2H3/t10-/m0/s1. The fraction of sp³-hybridized carbons (Fsp3) is 0.308. The zero-order valence-corrected chi connectivity index (χ0v) is 10.8. The van der Waals surface area contributed by atoms with E-state index in [0.717, 1.165) is 17.3 Å². The number of benzene rings is 1. The van der Waals surface area contributed by atoms with Crippen molar-refractivity contribution in [2.45, 2.75) is 19.5 Å². The highest BCUT2D eigenvalue weighted by Gasteiger charge is 2.06. The average Bonchev–Trinajstić information content (AvgIpc) is 2.89. The van der Waals surface area contributed by atoms with E-state index in [-0.39, 0.29) is 6.04 Å². The van der Waals surface area contributed by atoms with Crippen LogP contribution in [0.4, 0.5) is 0 Å². The second kappa shape index (κ2) is 5.80. The van der Waals surface area contributed by atoms with E-state index in [1.165, 1.54) is 5.56 Å². The van der Waals surface area contributed by atoms with Crippen LogP contribution in [0.2, 0.25) is 0 Å². The highest BCUT2D eigenvalue weighted by atomic mass is 32.1. The van der Waals surface area contributed by atoms with Crippen LogP contribution in [0.1, 0.15) is 23.5 Å². The predicted octanol–water partition coefficient (Wildman–Crippen LogP) is 3.00. The first-order chi connectivity index (χ1) is 8.29. The molecular weight excluding hydrogens is 232 g/mol. The Kier molecular flexibility index (Phi) is 4.12. The quantitative estimate of drug-likeness (QED) is 0.883. The van der Waals surface area contributed by atoms with E-state index in [4.69, 9.17) is 4.74 Å². The van der Waals surface area contributed by atoms with Gasteiger partial charge in [-0.15, -0.1) is 11.3 Å². The highest BCUT2D eigenvalue weighted by Crippen LogP contribution is 2.19. The maximum atomic E-state index is 5.22. The molecule has 2 rings (SSSR count). The van der Waals surface area contributed by atoms with E-state index >= 15 is 0 Å². The molecule has 17 heavy (non-hydrogen) atoms. The number of nitrogens with one attached hydrogen (secondary N) is 1. The average molecular weight is 248 g/mol. The SMILES string of the molecule is COc1cccc([C@H](C)NCc2nccs2)c1. The van der Waals surface area contributed by atoms with Crippen molar-refractivity contribution < 1.29 is 4.74 Å². The number of aromatic nitrogens is 1. The molecule has 90 valence electrons. The Labute approximate surface area is 105 Å². The van der Waals surface area contributed by atoms with Gasteiger partial charge in [0.2, 0.25) is 0 Å². The molecule has 1 atom stereocenters. The molecule has 1 aromatic heterocycles. The first-order valence-corrected chi connectivity index (χ1v) is 6.43. The van der Waals surface area contributed by atoms with Crippen molar-refractivity contribution in [2.24, 2.45) is 0 Å². The molecule has 0 saturated heterocycles. The molecule has 0 aliphatic carbocycles. The Morgan fingerprint density at radius 1 is 1.47 bits per heavy atom. The van der Waals surface area contributed by atoms with Crippen molar-refractivity contribution in [2.75, 3.05) is 7.11 Å². The summed E-state index contributed by atoms with van der Waals surface area (Å²) in [6, 6.07) is 8.41. The molecule has 0 saturated carbocycles. The van der Waals surface area contributed by atoms with Gasteiger partial charge in [0, 0.05) is 24.2 Å². The lowest BCUT2D eigenvalue weighted by Gasteiger charge is -2.14. The van der Waals surface area contributed by atoms with Crippen molar-refractivity contribution in [1.29, 1.82) is 0 Å². The summed E-state index contributed by atoms with van der Waals surface area (Å²) in [5.41, 5.74) is 1.22. The van der Waals surface area contributed by atoms with Crippen LogP contribution in [-0.2, 0) is 6.54 Å². The van der Waals surface area contributed by atoms with Crippen LogP contribution < -0.4 is 10.1 Å². The summed E-state index contributed by atoms with van der Waals surface area (Å²) >= 11 is 1.67. The summed E-state index contributed by atoms with van der Waals surface area (Å²) in [6.07, 6.45) is 1.83. The molecule has 0 radical (unpaired) electrons. The van der Waals surface area contributed by atoms with Crippen molar-refractivity contribution in [3.63, 3.8) is 0 Å². The summed E-state index contributed by atoms with van der Waals surface area (Å²) in [5, 5.41) is 6.55. The maximum absolute atomic E-state index is 5.22. The topological polar surface area (TPSA) is 34.1 Å². The number of hydrogen-bond donors (Lipinski definition) is 1. The molecule has 0 unspecified atom stereocenters. The third-order valence-corrected chi connectivity index (χ3v) is 3.42. The lowest BCUT2D eigenvalue weighted by molar-refractivity contribution is 0.413. The lowest BCUT2D eigenvalue weighted by Crippen LogP contribution is -2.17. The van der Waals surface area contributed by atoms with E-state index in [1.807, 2.05) is 23.7 Å². The van der Waals surface area contributed by atoms with Gasteiger partial charge in [-0.1, -0.05) is 12.1 Å². The monoisotopic (exact) mass is 248 g/mol. The van der Waals surface area contributed by atoms with Gasteiger partial charge in [-0.05, 0) is 24.6 Å². The minimum Gasteiger partial charge on any atom is -0.497 e. The van der Waals surface area contributed by atoms with Crippen LogP contribution in [0.15, 0.2) is 35.8 Å². The number of ether oxygens (including phenoxy) is 1. The molecule has 4 heteroatoms. The zero-order valence-electron chi connectivity index (χ0n) is 10.0. The van der Waals surface area contributed by atoms with Gasteiger partial charge >= 0.3 is 0 Å². The maximum Gasteiger partial charge on any atom is 0.119 e. The van der Waals surface area contributed by atoms with Crippen molar-refractivity contribution >= 4 is 11.3 Å². The van der Waals surface area contributed by atoms with Crippen LogP contribution >= 0.6 is 11.3 Å².